The van der Waals surface area contributed by atoms with E-state index >= 15 is 0 Å². The third-order valence-electron chi connectivity index (χ3n) is 5.12. The molecule has 3 unspecified atom stereocenters. The van der Waals surface area contributed by atoms with E-state index in [-0.39, 0.29) is 0 Å². The first-order chi connectivity index (χ1) is 10.2. The van der Waals surface area contributed by atoms with Crippen molar-refractivity contribution in [1.82, 2.24) is 15.1 Å². The molecule has 1 fully saturated rings. The molecule has 1 aromatic rings. The highest BCUT2D eigenvalue weighted by atomic mass is 15.3. The number of rotatable bonds is 7. The summed E-state index contributed by atoms with van der Waals surface area (Å²) in [5.74, 6) is 1.71. The Bertz CT molecular complexity index is 424. The zero-order valence-electron chi connectivity index (χ0n) is 14.4. The molecule has 1 aliphatic rings. The molecular formula is C18H33N3. The smallest absolute Gasteiger partial charge is 0.0624 e. The summed E-state index contributed by atoms with van der Waals surface area (Å²) in [4.78, 5) is 0. The molecule has 0 aromatic carbocycles. The normalized spacial score (nSPS) is 26.2. The molecule has 0 spiro atoms. The fourth-order valence-corrected chi connectivity index (χ4v) is 3.99. The topological polar surface area (TPSA) is 29.9 Å². The highest BCUT2D eigenvalue weighted by Crippen LogP contribution is 2.34. The molecule has 21 heavy (non-hydrogen) atoms. The Hall–Kier alpha value is -0.830. The largest absolute Gasteiger partial charge is 0.314 e. The van der Waals surface area contributed by atoms with E-state index in [1.54, 1.807) is 0 Å². The summed E-state index contributed by atoms with van der Waals surface area (Å²) in [6, 6.07) is 3.01. The Morgan fingerprint density at radius 1 is 1.29 bits per heavy atom. The van der Waals surface area contributed by atoms with Crippen molar-refractivity contribution in [1.29, 1.82) is 0 Å². The van der Waals surface area contributed by atoms with Gasteiger partial charge in [0.25, 0.3) is 0 Å². The Morgan fingerprint density at radius 3 is 2.71 bits per heavy atom. The highest BCUT2D eigenvalue weighted by molar-refractivity contribution is 5.11. The van der Waals surface area contributed by atoms with E-state index in [1.807, 2.05) is 0 Å². The Balaban J connectivity index is 2.05. The molecule has 120 valence electrons. The first-order valence-electron chi connectivity index (χ1n) is 8.93. The standard InChI is InChI=1S/C18H33N3/c1-5-8-14-9-10-18(19-7-3)15(11-14)12-17-13-16(6-2)20-21(17)4/h13-15,18-19H,5-12H2,1-4H3. The molecule has 1 aliphatic carbocycles. The molecule has 1 saturated carbocycles. The summed E-state index contributed by atoms with van der Waals surface area (Å²) in [5.41, 5.74) is 2.64. The molecule has 0 saturated heterocycles. The fraction of sp³-hybridized carbons (Fsp3) is 0.833. The zero-order valence-corrected chi connectivity index (χ0v) is 14.4. The Kier molecular flexibility index (Phi) is 6.28. The molecule has 1 N–H and O–H groups in total. The van der Waals surface area contributed by atoms with Crippen LogP contribution in [0.2, 0.25) is 0 Å². The minimum atomic E-state index is 0.697. The maximum Gasteiger partial charge on any atom is 0.0624 e. The number of nitrogens with one attached hydrogen (secondary N) is 1. The van der Waals surface area contributed by atoms with E-state index in [1.165, 1.54) is 49.9 Å². The molecule has 2 rings (SSSR count). The van der Waals surface area contributed by atoms with Crippen molar-refractivity contribution in [2.24, 2.45) is 18.9 Å². The van der Waals surface area contributed by atoms with Gasteiger partial charge < -0.3 is 5.32 Å². The van der Waals surface area contributed by atoms with Crippen molar-refractivity contribution in [3.8, 4) is 0 Å². The first kappa shape index (κ1) is 16.5. The highest BCUT2D eigenvalue weighted by Gasteiger charge is 2.30. The van der Waals surface area contributed by atoms with Crippen LogP contribution in [0.5, 0.6) is 0 Å². The van der Waals surface area contributed by atoms with Crippen LogP contribution < -0.4 is 5.32 Å². The lowest BCUT2D eigenvalue weighted by Gasteiger charge is -2.36. The fourth-order valence-electron chi connectivity index (χ4n) is 3.99. The van der Waals surface area contributed by atoms with Gasteiger partial charge in [0.1, 0.15) is 0 Å². The van der Waals surface area contributed by atoms with Gasteiger partial charge in [-0.1, -0.05) is 33.6 Å². The van der Waals surface area contributed by atoms with Gasteiger partial charge in [-0.2, -0.15) is 5.10 Å². The van der Waals surface area contributed by atoms with E-state index in [2.05, 4.69) is 49.0 Å². The molecule has 0 radical (unpaired) electrons. The lowest BCUT2D eigenvalue weighted by molar-refractivity contribution is 0.193. The predicted molar refractivity (Wildman–Crippen MR) is 89.5 cm³/mol. The van der Waals surface area contributed by atoms with Gasteiger partial charge in [-0.3, -0.25) is 4.68 Å². The quantitative estimate of drug-likeness (QED) is 0.830. The summed E-state index contributed by atoms with van der Waals surface area (Å²) in [6.07, 6.45) is 9.10. The van der Waals surface area contributed by atoms with Crippen LogP contribution >= 0.6 is 0 Å². The van der Waals surface area contributed by atoms with Gasteiger partial charge in [-0.25, -0.2) is 0 Å². The van der Waals surface area contributed by atoms with Crippen LogP contribution in [-0.4, -0.2) is 22.4 Å². The van der Waals surface area contributed by atoms with Crippen molar-refractivity contribution >= 4 is 0 Å². The van der Waals surface area contributed by atoms with Crippen molar-refractivity contribution in [2.75, 3.05) is 6.54 Å². The number of hydrogen-bond acceptors (Lipinski definition) is 2. The number of aryl methyl sites for hydroxylation is 2. The van der Waals surface area contributed by atoms with Crippen molar-refractivity contribution in [2.45, 2.75) is 71.8 Å². The molecule has 0 amide bonds. The second-order valence-electron chi connectivity index (χ2n) is 6.70. The number of nitrogens with zero attached hydrogens (tertiary/aromatic N) is 2. The lowest BCUT2D eigenvalue weighted by atomic mass is 9.74. The van der Waals surface area contributed by atoms with E-state index in [9.17, 15) is 0 Å². The van der Waals surface area contributed by atoms with Gasteiger partial charge in [0.2, 0.25) is 0 Å². The average Bonchev–Trinajstić information content (AvgIpc) is 2.83. The molecule has 3 nitrogen and oxygen atoms in total. The number of aromatic nitrogens is 2. The third kappa shape index (κ3) is 4.32. The minimum absolute atomic E-state index is 0.697. The van der Waals surface area contributed by atoms with Crippen LogP contribution in [0.25, 0.3) is 0 Å². The summed E-state index contributed by atoms with van der Waals surface area (Å²) in [6.45, 7) is 7.82. The van der Waals surface area contributed by atoms with Gasteiger partial charge >= 0.3 is 0 Å². The first-order valence-corrected chi connectivity index (χ1v) is 8.93. The summed E-state index contributed by atoms with van der Waals surface area (Å²) < 4.78 is 2.10. The summed E-state index contributed by atoms with van der Waals surface area (Å²) >= 11 is 0. The second kappa shape index (κ2) is 7.98. The van der Waals surface area contributed by atoms with Crippen molar-refractivity contribution in [3.05, 3.63) is 17.5 Å². The molecular weight excluding hydrogens is 258 g/mol. The third-order valence-corrected chi connectivity index (χ3v) is 5.12. The van der Waals surface area contributed by atoms with Crippen LogP contribution in [0.3, 0.4) is 0 Å². The molecule has 1 heterocycles. The number of hydrogen-bond donors (Lipinski definition) is 1. The lowest BCUT2D eigenvalue weighted by Crippen LogP contribution is -2.41. The van der Waals surface area contributed by atoms with Crippen LogP contribution in [-0.2, 0) is 19.9 Å². The Morgan fingerprint density at radius 2 is 2.10 bits per heavy atom. The van der Waals surface area contributed by atoms with Gasteiger partial charge in [0, 0.05) is 18.8 Å². The summed E-state index contributed by atoms with van der Waals surface area (Å²) in [7, 11) is 2.10. The maximum atomic E-state index is 4.62. The monoisotopic (exact) mass is 291 g/mol. The predicted octanol–water partition coefficient (Wildman–Crippen LogP) is 3.72. The van der Waals surface area contributed by atoms with Crippen molar-refractivity contribution in [3.63, 3.8) is 0 Å². The Labute approximate surface area is 130 Å². The van der Waals surface area contributed by atoms with Gasteiger partial charge in [-0.05, 0) is 56.6 Å². The molecule has 0 bridgehead atoms. The van der Waals surface area contributed by atoms with E-state index in [0.29, 0.717) is 6.04 Å². The van der Waals surface area contributed by atoms with Crippen LogP contribution in [0, 0.1) is 11.8 Å². The van der Waals surface area contributed by atoms with Crippen LogP contribution in [0.15, 0.2) is 6.07 Å². The second-order valence-corrected chi connectivity index (χ2v) is 6.70. The molecule has 1 aromatic heterocycles. The van der Waals surface area contributed by atoms with Crippen LogP contribution in [0.1, 0.15) is 64.3 Å². The maximum absolute atomic E-state index is 4.62. The summed E-state index contributed by atoms with van der Waals surface area (Å²) in [5, 5.41) is 8.35. The average molecular weight is 291 g/mol. The van der Waals surface area contributed by atoms with E-state index in [4.69, 9.17) is 0 Å². The molecule has 3 heteroatoms. The van der Waals surface area contributed by atoms with Gasteiger partial charge in [-0.15, -0.1) is 0 Å². The van der Waals surface area contributed by atoms with Gasteiger partial charge in [0.05, 0.1) is 5.69 Å². The van der Waals surface area contributed by atoms with Crippen LogP contribution in [0.4, 0.5) is 0 Å². The SMILES string of the molecule is CCCC1CCC(NCC)C(Cc2cc(CC)nn2C)C1. The van der Waals surface area contributed by atoms with E-state index in [0.717, 1.165) is 24.8 Å². The molecule has 3 atom stereocenters. The zero-order chi connectivity index (χ0) is 15.2. The van der Waals surface area contributed by atoms with Gasteiger partial charge in [0.15, 0.2) is 0 Å². The van der Waals surface area contributed by atoms with Crippen molar-refractivity contribution < 1.29 is 0 Å². The van der Waals surface area contributed by atoms with E-state index < -0.39 is 0 Å². The molecule has 0 aliphatic heterocycles. The minimum Gasteiger partial charge on any atom is -0.314 e.